The molecule has 0 atom stereocenters. The number of anilines is 1. The fourth-order valence-corrected chi connectivity index (χ4v) is 2.04. The van der Waals surface area contributed by atoms with Gasteiger partial charge in [-0.1, -0.05) is 11.6 Å². The Balaban J connectivity index is 2.36. The van der Waals surface area contributed by atoms with Crippen LogP contribution < -0.4 is 5.32 Å². The summed E-state index contributed by atoms with van der Waals surface area (Å²) in [7, 11) is 0. The molecule has 1 aromatic rings. The molecular weight excluding hydrogens is 249 g/mol. The molecule has 1 N–H and O–H groups in total. The molecule has 0 unspecified atom stereocenters. The van der Waals surface area contributed by atoms with E-state index in [1.165, 1.54) is 0 Å². The normalized spacial score (nSPS) is 13.8. The lowest BCUT2D eigenvalue weighted by Gasteiger charge is -2.08. The van der Waals surface area contributed by atoms with Gasteiger partial charge in [0.05, 0.1) is 10.7 Å². The molecule has 0 aliphatic heterocycles. The number of Topliss-reactive ketones (excluding diaryl/α,β-unsaturated/α-hetero) is 1. The lowest BCUT2D eigenvalue weighted by atomic mass is 10.1. The van der Waals surface area contributed by atoms with Gasteiger partial charge in [0.1, 0.15) is 5.88 Å². The maximum Gasteiger partial charge on any atom is 0.239 e. The number of nitrogens with one attached hydrogen (secondary N) is 1. The van der Waals surface area contributed by atoms with E-state index >= 15 is 0 Å². The molecule has 0 aromatic heterocycles. The first-order valence-electron chi connectivity index (χ1n) is 4.83. The number of hydrogen-bond acceptors (Lipinski definition) is 2. The van der Waals surface area contributed by atoms with Crippen LogP contribution in [0.3, 0.4) is 0 Å². The minimum absolute atomic E-state index is 0.0908. The molecule has 1 aliphatic rings. The number of halogens is 2. The van der Waals surface area contributed by atoms with Gasteiger partial charge in [0.15, 0.2) is 5.78 Å². The van der Waals surface area contributed by atoms with Crippen LogP contribution in [0.5, 0.6) is 0 Å². The molecule has 1 aliphatic carbocycles. The average Bonchev–Trinajstić information content (AvgIpc) is 2.61. The van der Waals surface area contributed by atoms with E-state index in [1.54, 1.807) is 12.1 Å². The van der Waals surface area contributed by atoms with Crippen molar-refractivity contribution in [2.24, 2.45) is 0 Å². The topological polar surface area (TPSA) is 46.2 Å². The van der Waals surface area contributed by atoms with Crippen LogP contribution in [-0.2, 0) is 11.2 Å². The van der Waals surface area contributed by atoms with Crippen LogP contribution in [0, 0.1) is 0 Å². The van der Waals surface area contributed by atoms with Gasteiger partial charge in [0.25, 0.3) is 0 Å². The Labute approximate surface area is 103 Å². The van der Waals surface area contributed by atoms with Gasteiger partial charge in [0.2, 0.25) is 5.91 Å². The third-order valence-corrected chi connectivity index (χ3v) is 3.07. The van der Waals surface area contributed by atoms with Crippen LogP contribution >= 0.6 is 23.2 Å². The largest absolute Gasteiger partial charge is 0.324 e. The zero-order valence-corrected chi connectivity index (χ0v) is 9.86. The fraction of sp³-hybridized carbons (Fsp3) is 0.273. The van der Waals surface area contributed by atoms with E-state index in [4.69, 9.17) is 23.2 Å². The zero-order valence-electron chi connectivity index (χ0n) is 8.35. The Bertz CT molecular complexity index is 471. The highest BCUT2D eigenvalue weighted by Crippen LogP contribution is 2.31. The van der Waals surface area contributed by atoms with Crippen LogP contribution in [0.4, 0.5) is 5.69 Å². The molecular formula is C11H9Cl2NO2. The van der Waals surface area contributed by atoms with E-state index in [1.807, 2.05) is 0 Å². The Kier molecular flexibility index (Phi) is 3.17. The van der Waals surface area contributed by atoms with Gasteiger partial charge in [0, 0.05) is 12.0 Å². The van der Waals surface area contributed by atoms with E-state index in [9.17, 15) is 9.59 Å². The second-order valence-corrected chi connectivity index (χ2v) is 4.27. The third-order valence-electron chi connectivity index (χ3n) is 2.51. The summed E-state index contributed by atoms with van der Waals surface area (Å²) < 4.78 is 0. The lowest BCUT2D eigenvalue weighted by Crippen LogP contribution is -2.13. The van der Waals surface area contributed by atoms with Crippen molar-refractivity contribution in [3.8, 4) is 0 Å². The van der Waals surface area contributed by atoms with Crippen molar-refractivity contribution in [2.75, 3.05) is 11.2 Å². The summed E-state index contributed by atoms with van der Waals surface area (Å²) in [6.45, 7) is 0. The van der Waals surface area contributed by atoms with Crippen molar-refractivity contribution >= 4 is 40.6 Å². The highest BCUT2D eigenvalue weighted by atomic mass is 35.5. The molecule has 16 heavy (non-hydrogen) atoms. The van der Waals surface area contributed by atoms with Crippen molar-refractivity contribution in [3.63, 3.8) is 0 Å². The number of amides is 1. The predicted molar refractivity (Wildman–Crippen MR) is 63.5 cm³/mol. The van der Waals surface area contributed by atoms with Gasteiger partial charge in [-0.3, -0.25) is 9.59 Å². The van der Waals surface area contributed by atoms with E-state index in [2.05, 4.69) is 5.32 Å². The number of alkyl halides is 1. The number of hydrogen-bond donors (Lipinski definition) is 1. The Morgan fingerprint density at radius 3 is 2.81 bits per heavy atom. The summed E-state index contributed by atoms with van der Waals surface area (Å²) in [4.78, 5) is 22.6. The number of fused-ring (bicyclic) bond motifs is 1. The second-order valence-electron chi connectivity index (χ2n) is 3.59. The molecule has 0 bridgehead atoms. The summed E-state index contributed by atoms with van der Waals surface area (Å²) in [6, 6.07) is 3.35. The van der Waals surface area contributed by atoms with E-state index in [-0.39, 0.29) is 17.6 Å². The molecule has 1 aromatic carbocycles. The molecule has 0 heterocycles. The summed E-state index contributed by atoms with van der Waals surface area (Å²) in [5.41, 5.74) is 2.04. The van der Waals surface area contributed by atoms with Gasteiger partial charge in [-0.05, 0) is 24.1 Å². The van der Waals surface area contributed by atoms with Crippen LogP contribution in [-0.4, -0.2) is 17.6 Å². The first-order chi connectivity index (χ1) is 7.61. The van der Waals surface area contributed by atoms with Crippen molar-refractivity contribution in [2.45, 2.75) is 12.8 Å². The third kappa shape index (κ3) is 2.06. The minimum atomic E-state index is -0.339. The Morgan fingerprint density at radius 1 is 1.38 bits per heavy atom. The molecule has 0 saturated heterocycles. The fourth-order valence-electron chi connectivity index (χ4n) is 1.74. The molecule has 0 spiro atoms. The number of carbonyl (C=O) groups is 2. The van der Waals surface area contributed by atoms with E-state index in [0.717, 1.165) is 12.0 Å². The van der Waals surface area contributed by atoms with Crippen LogP contribution in [0.25, 0.3) is 0 Å². The highest BCUT2D eigenvalue weighted by Gasteiger charge is 2.21. The Morgan fingerprint density at radius 2 is 2.12 bits per heavy atom. The maximum atomic E-state index is 11.5. The van der Waals surface area contributed by atoms with Crippen molar-refractivity contribution in [1.29, 1.82) is 0 Å². The van der Waals surface area contributed by atoms with Gasteiger partial charge in [-0.2, -0.15) is 0 Å². The summed E-state index contributed by atoms with van der Waals surface area (Å²) in [5, 5.41) is 2.99. The molecule has 0 saturated carbocycles. The number of carbonyl (C=O) groups excluding carboxylic acids is 2. The lowest BCUT2D eigenvalue weighted by molar-refractivity contribution is -0.113. The van der Waals surface area contributed by atoms with E-state index in [0.29, 0.717) is 22.7 Å². The van der Waals surface area contributed by atoms with Crippen molar-refractivity contribution < 1.29 is 9.59 Å². The highest BCUT2D eigenvalue weighted by molar-refractivity contribution is 6.35. The van der Waals surface area contributed by atoms with Crippen LogP contribution in [0.2, 0.25) is 5.02 Å². The average molecular weight is 258 g/mol. The second kappa shape index (κ2) is 4.44. The van der Waals surface area contributed by atoms with Crippen molar-refractivity contribution in [1.82, 2.24) is 0 Å². The Hall–Kier alpha value is -1.06. The summed E-state index contributed by atoms with van der Waals surface area (Å²) in [6.07, 6.45) is 1.23. The smallest absolute Gasteiger partial charge is 0.239 e. The van der Waals surface area contributed by atoms with E-state index < -0.39 is 0 Å². The number of benzene rings is 1. The quantitative estimate of drug-likeness (QED) is 0.829. The van der Waals surface area contributed by atoms with Gasteiger partial charge in [-0.15, -0.1) is 11.6 Å². The monoisotopic (exact) mass is 257 g/mol. The predicted octanol–water partition coefficient (Wildman–Crippen LogP) is 2.65. The molecule has 1 amide bonds. The first-order valence-corrected chi connectivity index (χ1v) is 5.74. The SMILES string of the molecule is O=C(CCl)Nc1cc2c(cc1Cl)CCC2=O. The van der Waals surface area contributed by atoms with Crippen LogP contribution in [0.15, 0.2) is 12.1 Å². The molecule has 0 radical (unpaired) electrons. The number of aryl methyl sites for hydroxylation is 1. The maximum absolute atomic E-state index is 11.5. The number of rotatable bonds is 2. The van der Waals surface area contributed by atoms with Gasteiger partial charge in [-0.25, -0.2) is 0 Å². The van der Waals surface area contributed by atoms with Crippen molar-refractivity contribution in [3.05, 3.63) is 28.3 Å². The number of ketones is 1. The van der Waals surface area contributed by atoms with Gasteiger partial charge < -0.3 is 5.32 Å². The molecule has 2 rings (SSSR count). The first kappa shape index (κ1) is 11.4. The standard InChI is InChI=1S/C11H9Cl2NO2/c12-5-11(16)14-9-4-7-6(3-8(9)13)1-2-10(7)15/h3-4H,1-2,5H2,(H,14,16). The molecule has 84 valence electrons. The molecule has 0 fully saturated rings. The van der Waals surface area contributed by atoms with Crippen LogP contribution in [0.1, 0.15) is 22.3 Å². The summed E-state index contributed by atoms with van der Waals surface area (Å²) >= 11 is 11.4. The summed E-state index contributed by atoms with van der Waals surface area (Å²) in [5.74, 6) is -0.386. The van der Waals surface area contributed by atoms with Gasteiger partial charge >= 0.3 is 0 Å². The molecule has 5 heteroatoms. The molecule has 3 nitrogen and oxygen atoms in total. The zero-order chi connectivity index (χ0) is 11.7. The minimum Gasteiger partial charge on any atom is -0.324 e.